The zero-order chi connectivity index (χ0) is 16.1. The monoisotopic (exact) mass is 343 g/mol. The molecule has 0 amide bonds. The number of hydrazone groups is 1. The molecule has 1 aliphatic rings. The minimum absolute atomic E-state index is 0.375. The second kappa shape index (κ2) is 7.26. The molecule has 116 valence electrons. The molecular formula is C17H14ClN3OS. The minimum Gasteiger partial charge on any atom is -0.488 e. The molecule has 6 heteroatoms. The van der Waals surface area contributed by atoms with Gasteiger partial charge in [-0.3, -0.25) is 5.43 Å². The fourth-order valence-electron chi connectivity index (χ4n) is 2.11. The standard InChI is InChI=1S/C17H14ClN3OS/c18-16-12(11-22-15-9-5-4-8-14(15)16)10-19-21-17(23)20-13-6-2-1-3-7-13/h1-10H,11H2,(H2,20,21,23)/b19-10+. The smallest absolute Gasteiger partial charge is 0.191 e. The number of benzene rings is 2. The highest BCUT2D eigenvalue weighted by atomic mass is 35.5. The Kier molecular flexibility index (Phi) is 4.90. The second-order valence-corrected chi connectivity index (χ2v) is 5.60. The summed E-state index contributed by atoms with van der Waals surface area (Å²) in [5.41, 5.74) is 5.32. The first-order valence-corrected chi connectivity index (χ1v) is 7.78. The summed E-state index contributed by atoms with van der Waals surface area (Å²) in [6.07, 6.45) is 1.62. The summed E-state index contributed by atoms with van der Waals surface area (Å²) in [6, 6.07) is 17.3. The molecule has 0 bridgehead atoms. The first kappa shape index (κ1) is 15.5. The number of anilines is 1. The Bertz CT molecular complexity index is 774. The third-order valence-corrected chi connectivity index (χ3v) is 3.85. The van der Waals surface area contributed by atoms with Crippen LogP contribution in [0.3, 0.4) is 0 Å². The van der Waals surface area contributed by atoms with Crippen LogP contribution in [0.4, 0.5) is 5.69 Å². The molecule has 0 radical (unpaired) electrons. The highest BCUT2D eigenvalue weighted by Gasteiger charge is 2.16. The molecule has 2 aromatic carbocycles. The van der Waals surface area contributed by atoms with Gasteiger partial charge in [-0.05, 0) is 36.5 Å². The van der Waals surface area contributed by atoms with Gasteiger partial charge in [0.25, 0.3) is 0 Å². The first-order chi connectivity index (χ1) is 11.2. The van der Waals surface area contributed by atoms with Crippen LogP contribution in [-0.2, 0) is 0 Å². The molecule has 2 aromatic rings. The molecule has 2 N–H and O–H groups in total. The van der Waals surface area contributed by atoms with E-state index < -0.39 is 0 Å². The predicted molar refractivity (Wildman–Crippen MR) is 99.0 cm³/mol. The SMILES string of the molecule is S=C(N/N=C/C1=C(Cl)c2ccccc2OC1)Nc1ccccc1. The van der Waals surface area contributed by atoms with Crippen LogP contribution >= 0.6 is 23.8 Å². The molecule has 3 rings (SSSR count). The molecule has 4 nitrogen and oxygen atoms in total. The summed E-state index contributed by atoms with van der Waals surface area (Å²) in [5.74, 6) is 0.781. The summed E-state index contributed by atoms with van der Waals surface area (Å²) in [7, 11) is 0. The van der Waals surface area contributed by atoms with Crippen molar-refractivity contribution in [2.75, 3.05) is 11.9 Å². The van der Waals surface area contributed by atoms with Crippen LogP contribution in [0.2, 0.25) is 0 Å². The molecule has 0 aliphatic carbocycles. The average Bonchev–Trinajstić information content (AvgIpc) is 2.58. The highest BCUT2D eigenvalue weighted by molar-refractivity contribution is 7.80. The van der Waals surface area contributed by atoms with Crippen molar-refractivity contribution in [1.82, 2.24) is 5.43 Å². The van der Waals surface area contributed by atoms with Crippen molar-refractivity contribution in [1.29, 1.82) is 0 Å². The Morgan fingerprint density at radius 2 is 1.87 bits per heavy atom. The zero-order valence-corrected chi connectivity index (χ0v) is 13.7. The van der Waals surface area contributed by atoms with Crippen molar-refractivity contribution >= 4 is 45.9 Å². The van der Waals surface area contributed by atoms with Crippen LogP contribution in [0.15, 0.2) is 65.3 Å². The van der Waals surface area contributed by atoms with Crippen LogP contribution in [0.5, 0.6) is 5.75 Å². The van der Waals surface area contributed by atoms with Gasteiger partial charge in [0, 0.05) is 16.8 Å². The van der Waals surface area contributed by atoms with Gasteiger partial charge in [-0.15, -0.1) is 0 Å². The molecule has 23 heavy (non-hydrogen) atoms. The lowest BCUT2D eigenvalue weighted by molar-refractivity contribution is 0.353. The maximum Gasteiger partial charge on any atom is 0.191 e. The number of rotatable bonds is 3. The van der Waals surface area contributed by atoms with E-state index >= 15 is 0 Å². The van der Waals surface area contributed by atoms with Crippen molar-refractivity contribution in [2.45, 2.75) is 0 Å². The summed E-state index contributed by atoms with van der Waals surface area (Å²) in [5, 5.41) is 8.19. The molecule has 0 unspecified atom stereocenters. The Hall–Kier alpha value is -2.37. The van der Waals surface area contributed by atoms with Gasteiger partial charge < -0.3 is 10.1 Å². The molecular weight excluding hydrogens is 330 g/mol. The fraction of sp³-hybridized carbons (Fsp3) is 0.0588. The van der Waals surface area contributed by atoms with Crippen LogP contribution in [0, 0.1) is 0 Å². The lowest BCUT2D eigenvalue weighted by Crippen LogP contribution is -2.24. The van der Waals surface area contributed by atoms with E-state index in [2.05, 4.69) is 15.8 Å². The van der Waals surface area contributed by atoms with Gasteiger partial charge in [-0.25, -0.2) is 0 Å². The summed E-state index contributed by atoms with van der Waals surface area (Å²) >= 11 is 11.6. The normalized spacial score (nSPS) is 13.4. The Morgan fingerprint density at radius 3 is 2.70 bits per heavy atom. The molecule has 0 aromatic heterocycles. The van der Waals surface area contributed by atoms with Crippen molar-refractivity contribution < 1.29 is 4.74 Å². The molecule has 1 heterocycles. The molecule has 0 saturated heterocycles. The molecule has 1 aliphatic heterocycles. The van der Waals surface area contributed by atoms with Gasteiger partial charge in [0.15, 0.2) is 5.11 Å². The van der Waals surface area contributed by atoms with Crippen molar-refractivity contribution in [2.24, 2.45) is 5.10 Å². The van der Waals surface area contributed by atoms with Crippen LogP contribution in [0.1, 0.15) is 5.56 Å². The third kappa shape index (κ3) is 3.88. The number of ether oxygens (including phenoxy) is 1. The maximum absolute atomic E-state index is 6.39. The Morgan fingerprint density at radius 1 is 1.13 bits per heavy atom. The number of para-hydroxylation sites is 2. The van der Waals surface area contributed by atoms with E-state index in [9.17, 15) is 0 Å². The van der Waals surface area contributed by atoms with E-state index in [1.807, 2.05) is 54.6 Å². The Labute approximate surface area is 144 Å². The van der Waals surface area contributed by atoms with Crippen LogP contribution in [0.25, 0.3) is 5.03 Å². The van der Waals surface area contributed by atoms with Crippen LogP contribution in [-0.4, -0.2) is 17.9 Å². The van der Waals surface area contributed by atoms with Crippen molar-refractivity contribution in [3.63, 3.8) is 0 Å². The van der Waals surface area contributed by atoms with Crippen molar-refractivity contribution in [3.05, 3.63) is 65.7 Å². The molecule has 0 saturated carbocycles. The third-order valence-electron chi connectivity index (χ3n) is 3.21. The van der Waals surface area contributed by atoms with Gasteiger partial charge >= 0.3 is 0 Å². The zero-order valence-electron chi connectivity index (χ0n) is 12.1. The van der Waals surface area contributed by atoms with E-state index in [1.165, 1.54) is 0 Å². The number of hydrogen-bond acceptors (Lipinski definition) is 3. The maximum atomic E-state index is 6.39. The van der Waals surface area contributed by atoms with Gasteiger partial charge in [-0.2, -0.15) is 5.10 Å². The summed E-state index contributed by atoms with van der Waals surface area (Å²) < 4.78 is 5.65. The Balaban J connectivity index is 1.63. The van der Waals surface area contributed by atoms with Gasteiger partial charge in [0.2, 0.25) is 0 Å². The van der Waals surface area contributed by atoms with E-state index in [4.69, 9.17) is 28.6 Å². The first-order valence-electron chi connectivity index (χ1n) is 7.00. The number of hydrogen-bond donors (Lipinski definition) is 2. The number of thiocarbonyl (C=S) groups is 1. The molecule has 0 spiro atoms. The predicted octanol–water partition coefficient (Wildman–Crippen LogP) is 4.00. The van der Waals surface area contributed by atoms with E-state index in [-0.39, 0.29) is 0 Å². The van der Waals surface area contributed by atoms with Gasteiger partial charge in [-0.1, -0.05) is 41.9 Å². The summed E-state index contributed by atoms with van der Waals surface area (Å²) in [6.45, 7) is 0.375. The largest absolute Gasteiger partial charge is 0.488 e. The summed E-state index contributed by atoms with van der Waals surface area (Å²) in [4.78, 5) is 0. The lowest BCUT2D eigenvalue weighted by atomic mass is 10.1. The number of fused-ring (bicyclic) bond motifs is 1. The average molecular weight is 344 g/mol. The highest BCUT2D eigenvalue weighted by Crippen LogP contribution is 2.34. The van der Waals surface area contributed by atoms with Gasteiger partial charge in [0.1, 0.15) is 12.4 Å². The lowest BCUT2D eigenvalue weighted by Gasteiger charge is -2.18. The molecule has 0 atom stereocenters. The van der Waals surface area contributed by atoms with E-state index in [1.54, 1.807) is 6.21 Å². The number of nitrogens with one attached hydrogen (secondary N) is 2. The number of halogens is 1. The quantitative estimate of drug-likeness (QED) is 0.502. The van der Waals surface area contributed by atoms with E-state index in [0.29, 0.717) is 16.8 Å². The van der Waals surface area contributed by atoms with Crippen LogP contribution < -0.4 is 15.5 Å². The minimum atomic E-state index is 0.375. The topological polar surface area (TPSA) is 45.7 Å². The molecule has 0 fully saturated rings. The van der Waals surface area contributed by atoms with Gasteiger partial charge in [0.05, 0.1) is 11.2 Å². The van der Waals surface area contributed by atoms with Crippen molar-refractivity contribution in [3.8, 4) is 5.75 Å². The fourth-order valence-corrected chi connectivity index (χ4v) is 2.54. The number of nitrogens with zero attached hydrogens (tertiary/aromatic N) is 1. The second-order valence-electron chi connectivity index (χ2n) is 4.81. The van der Waals surface area contributed by atoms with E-state index in [0.717, 1.165) is 22.6 Å².